The van der Waals surface area contributed by atoms with Gasteiger partial charge in [-0.15, -0.1) is 0 Å². The highest BCUT2D eigenvalue weighted by Crippen LogP contribution is 2.20. The number of allylic oxidation sites excluding steroid dienone is 2. The van der Waals surface area contributed by atoms with Gasteiger partial charge in [-0.1, -0.05) is 36.4 Å². The number of carbonyl (C=O) groups excluding carboxylic acids is 1. The van der Waals surface area contributed by atoms with Gasteiger partial charge in [-0.25, -0.2) is 0 Å². The van der Waals surface area contributed by atoms with Crippen LogP contribution in [-0.2, 0) is 22.7 Å². The standard InChI is InChI=1S/C18H25NO2/c1-14(2)21-13-17-9-7-16(8-10-17)12-19-18(20)11-15-5-3-4-6-15/h3,5,7-10,14-15H,4,6,11-13H2,1-2H3,(H,19,20)/t15-/m1/s1. The number of hydrogen-bond acceptors (Lipinski definition) is 2. The van der Waals surface area contributed by atoms with Gasteiger partial charge in [0.2, 0.25) is 5.91 Å². The molecule has 21 heavy (non-hydrogen) atoms. The average Bonchev–Trinajstić information content (AvgIpc) is 2.97. The van der Waals surface area contributed by atoms with Crippen LogP contribution in [0, 0.1) is 5.92 Å². The highest BCUT2D eigenvalue weighted by atomic mass is 16.5. The van der Waals surface area contributed by atoms with Crippen LogP contribution in [0.1, 0.15) is 44.2 Å². The Morgan fingerprint density at radius 3 is 2.62 bits per heavy atom. The predicted molar refractivity (Wildman–Crippen MR) is 84.7 cm³/mol. The zero-order valence-electron chi connectivity index (χ0n) is 13.0. The van der Waals surface area contributed by atoms with Crippen LogP contribution < -0.4 is 5.32 Å². The Labute approximate surface area is 127 Å². The summed E-state index contributed by atoms with van der Waals surface area (Å²) in [5, 5.41) is 2.99. The Balaban J connectivity index is 1.72. The van der Waals surface area contributed by atoms with Crippen molar-refractivity contribution >= 4 is 5.91 Å². The van der Waals surface area contributed by atoms with E-state index in [4.69, 9.17) is 4.74 Å². The molecule has 1 atom stereocenters. The molecule has 3 nitrogen and oxygen atoms in total. The molecule has 0 bridgehead atoms. The van der Waals surface area contributed by atoms with E-state index >= 15 is 0 Å². The molecule has 0 spiro atoms. The van der Waals surface area contributed by atoms with E-state index in [0.29, 0.717) is 25.5 Å². The summed E-state index contributed by atoms with van der Waals surface area (Å²) in [4.78, 5) is 11.9. The molecule has 0 saturated carbocycles. The molecule has 3 heteroatoms. The van der Waals surface area contributed by atoms with Crippen LogP contribution in [0.25, 0.3) is 0 Å². The van der Waals surface area contributed by atoms with Crippen LogP contribution in [0.4, 0.5) is 0 Å². The fourth-order valence-corrected chi connectivity index (χ4v) is 2.39. The monoisotopic (exact) mass is 287 g/mol. The number of ether oxygens (including phenoxy) is 1. The average molecular weight is 287 g/mol. The van der Waals surface area contributed by atoms with Crippen molar-refractivity contribution in [3.05, 3.63) is 47.5 Å². The van der Waals surface area contributed by atoms with E-state index in [1.807, 2.05) is 13.8 Å². The smallest absolute Gasteiger partial charge is 0.220 e. The molecule has 0 saturated heterocycles. The molecule has 114 valence electrons. The molecule has 1 aliphatic carbocycles. The quantitative estimate of drug-likeness (QED) is 0.778. The Morgan fingerprint density at radius 2 is 2.00 bits per heavy atom. The van der Waals surface area contributed by atoms with Gasteiger partial charge < -0.3 is 10.1 Å². The van der Waals surface area contributed by atoms with Crippen molar-refractivity contribution < 1.29 is 9.53 Å². The second-order valence-electron chi connectivity index (χ2n) is 5.92. The zero-order valence-corrected chi connectivity index (χ0v) is 13.0. The third-order valence-corrected chi connectivity index (χ3v) is 3.66. The lowest BCUT2D eigenvalue weighted by Gasteiger charge is -2.10. The Kier molecular flexibility index (Phi) is 6.00. The summed E-state index contributed by atoms with van der Waals surface area (Å²) in [7, 11) is 0. The van der Waals surface area contributed by atoms with Gasteiger partial charge in [-0.2, -0.15) is 0 Å². The maximum absolute atomic E-state index is 11.9. The van der Waals surface area contributed by atoms with Crippen molar-refractivity contribution in [2.75, 3.05) is 0 Å². The minimum absolute atomic E-state index is 0.138. The van der Waals surface area contributed by atoms with Crippen LogP contribution in [0.2, 0.25) is 0 Å². The maximum atomic E-state index is 11.9. The van der Waals surface area contributed by atoms with Crippen molar-refractivity contribution in [3.8, 4) is 0 Å². The van der Waals surface area contributed by atoms with E-state index in [2.05, 4.69) is 41.7 Å². The van der Waals surface area contributed by atoms with Gasteiger partial charge in [0.1, 0.15) is 0 Å². The Hall–Kier alpha value is -1.61. The van der Waals surface area contributed by atoms with Crippen molar-refractivity contribution in [1.29, 1.82) is 0 Å². The van der Waals surface area contributed by atoms with Gasteiger partial charge in [0.25, 0.3) is 0 Å². The molecule has 0 fully saturated rings. The SMILES string of the molecule is CC(C)OCc1ccc(CNC(=O)C[C@@H]2C=CCC2)cc1. The normalized spacial score (nSPS) is 17.4. The number of carbonyl (C=O) groups is 1. The lowest BCUT2D eigenvalue weighted by Crippen LogP contribution is -2.24. The molecule has 2 rings (SSSR count). The van der Waals surface area contributed by atoms with Crippen LogP contribution in [0.3, 0.4) is 0 Å². The lowest BCUT2D eigenvalue weighted by atomic mass is 10.0. The minimum atomic E-state index is 0.138. The van der Waals surface area contributed by atoms with E-state index < -0.39 is 0 Å². The molecule has 1 aliphatic rings. The molecule has 1 aromatic carbocycles. The molecular weight excluding hydrogens is 262 g/mol. The summed E-state index contributed by atoms with van der Waals surface area (Å²) in [6.45, 7) is 5.30. The van der Waals surface area contributed by atoms with Gasteiger partial charge in [0.05, 0.1) is 12.7 Å². The number of hydrogen-bond donors (Lipinski definition) is 1. The van der Waals surface area contributed by atoms with E-state index in [1.54, 1.807) is 0 Å². The molecule has 1 aromatic rings. The first-order chi connectivity index (χ1) is 10.1. The van der Waals surface area contributed by atoms with Gasteiger partial charge in [0.15, 0.2) is 0 Å². The number of amides is 1. The van der Waals surface area contributed by atoms with E-state index in [9.17, 15) is 4.79 Å². The predicted octanol–water partition coefficient (Wildman–Crippen LogP) is 3.58. The molecular formula is C18H25NO2. The number of rotatable bonds is 7. The van der Waals surface area contributed by atoms with Crippen molar-refractivity contribution in [2.24, 2.45) is 5.92 Å². The number of nitrogens with one attached hydrogen (secondary N) is 1. The number of benzene rings is 1. The fraction of sp³-hybridized carbons (Fsp3) is 0.500. The van der Waals surface area contributed by atoms with Crippen molar-refractivity contribution in [1.82, 2.24) is 5.32 Å². The maximum Gasteiger partial charge on any atom is 0.220 e. The zero-order chi connectivity index (χ0) is 15.1. The van der Waals surface area contributed by atoms with Gasteiger partial charge in [-0.05, 0) is 43.7 Å². The summed E-state index contributed by atoms with van der Waals surface area (Å²) in [6.07, 6.45) is 7.39. The Bertz CT molecular complexity index is 476. The second-order valence-corrected chi connectivity index (χ2v) is 5.92. The molecule has 0 aliphatic heterocycles. The largest absolute Gasteiger partial charge is 0.374 e. The first-order valence-electron chi connectivity index (χ1n) is 7.76. The molecule has 1 amide bonds. The molecule has 0 unspecified atom stereocenters. The van der Waals surface area contributed by atoms with Crippen LogP contribution >= 0.6 is 0 Å². The highest BCUT2D eigenvalue weighted by Gasteiger charge is 2.13. The molecule has 0 aromatic heterocycles. The van der Waals surface area contributed by atoms with E-state index in [0.717, 1.165) is 24.0 Å². The van der Waals surface area contributed by atoms with Gasteiger partial charge in [0, 0.05) is 13.0 Å². The highest BCUT2D eigenvalue weighted by molar-refractivity contribution is 5.76. The Morgan fingerprint density at radius 1 is 1.29 bits per heavy atom. The van der Waals surface area contributed by atoms with E-state index in [1.165, 1.54) is 0 Å². The summed E-state index contributed by atoms with van der Waals surface area (Å²) >= 11 is 0. The third kappa shape index (κ3) is 5.72. The first kappa shape index (κ1) is 15.8. The molecule has 0 radical (unpaired) electrons. The van der Waals surface area contributed by atoms with Crippen LogP contribution in [0.15, 0.2) is 36.4 Å². The van der Waals surface area contributed by atoms with Gasteiger partial charge >= 0.3 is 0 Å². The van der Waals surface area contributed by atoms with Crippen molar-refractivity contribution in [2.45, 2.75) is 52.4 Å². The topological polar surface area (TPSA) is 38.3 Å². The van der Waals surface area contributed by atoms with Crippen molar-refractivity contribution in [3.63, 3.8) is 0 Å². The van der Waals surface area contributed by atoms with Gasteiger partial charge in [-0.3, -0.25) is 4.79 Å². The van der Waals surface area contributed by atoms with E-state index in [-0.39, 0.29) is 12.0 Å². The van der Waals surface area contributed by atoms with Crippen LogP contribution in [-0.4, -0.2) is 12.0 Å². The summed E-state index contributed by atoms with van der Waals surface area (Å²) in [5.74, 6) is 0.569. The molecule has 0 heterocycles. The summed E-state index contributed by atoms with van der Waals surface area (Å²) in [5.41, 5.74) is 2.29. The first-order valence-corrected chi connectivity index (χ1v) is 7.76. The third-order valence-electron chi connectivity index (χ3n) is 3.66. The second kappa shape index (κ2) is 7.99. The molecule has 1 N–H and O–H groups in total. The summed E-state index contributed by atoms with van der Waals surface area (Å²) < 4.78 is 5.56. The van der Waals surface area contributed by atoms with Crippen LogP contribution in [0.5, 0.6) is 0 Å². The fourth-order valence-electron chi connectivity index (χ4n) is 2.39. The summed E-state index contributed by atoms with van der Waals surface area (Å²) in [6, 6.07) is 8.22. The minimum Gasteiger partial charge on any atom is -0.374 e. The lowest BCUT2D eigenvalue weighted by molar-refractivity contribution is -0.121.